The van der Waals surface area contributed by atoms with Gasteiger partial charge in [-0.15, -0.1) is 0 Å². The highest BCUT2D eigenvalue weighted by molar-refractivity contribution is 5.39. The number of methoxy groups -OCH3 is 1. The van der Waals surface area contributed by atoms with Gasteiger partial charge in [0.25, 0.3) is 0 Å². The number of hydrogen-bond donors (Lipinski definition) is 1. The summed E-state index contributed by atoms with van der Waals surface area (Å²) in [6, 6.07) is 6.70. The molecule has 96 valence electrons. The molecule has 0 amide bonds. The molecule has 0 bridgehead atoms. The van der Waals surface area contributed by atoms with Gasteiger partial charge in [0.2, 0.25) is 0 Å². The molecule has 0 saturated carbocycles. The Bertz CT molecular complexity index is 358. The van der Waals surface area contributed by atoms with Crippen LogP contribution in [0, 0.1) is 5.92 Å². The third-order valence-corrected chi connectivity index (χ3v) is 3.37. The average molecular weight is 235 g/mol. The van der Waals surface area contributed by atoms with Gasteiger partial charge in [-0.3, -0.25) is 0 Å². The lowest BCUT2D eigenvalue weighted by molar-refractivity contribution is 0.407. The molecule has 2 heteroatoms. The molecule has 0 aliphatic carbocycles. The predicted octanol–water partition coefficient (Wildman–Crippen LogP) is 3.34. The summed E-state index contributed by atoms with van der Waals surface area (Å²) in [6.07, 6.45) is 1.03. The molecule has 0 aliphatic rings. The van der Waals surface area contributed by atoms with E-state index in [9.17, 15) is 0 Å². The van der Waals surface area contributed by atoms with Crippen LogP contribution < -0.4 is 10.5 Å². The third-order valence-electron chi connectivity index (χ3n) is 3.37. The van der Waals surface area contributed by atoms with Crippen molar-refractivity contribution < 1.29 is 4.74 Å². The molecular weight excluding hydrogens is 210 g/mol. The van der Waals surface area contributed by atoms with Gasteiger partial charge in [0.15, 0.2) is 0 Å². The van der Waals surface area contributed by atoms with E-state index < -0.39 is 0 Å². The molecule has 0 fully saturated rings. The summed E-state index contributed by atoms with van der Waals surface area (Å²) < 4.78 is 5.39. The van der Waals surface area contributed by atoms with Gasteiger partial charge in [0.1, 0.15) is 5.75 Å². The van der Waals surface area contributed by atoms with Gasteiger partial charge in [0.05, 0.1) is 7.11 Å². The molecule has 1 rings (SSSR count). The number of ether oxygens (including phenoxy) is 1. The zero-order valence-corrected chi connectivity index (χ0v) is 11.7. The van der Waals surface area contributed by atoms with E-state index in [4.69, 9.17) is 10.5 Å². The fourth-order valence-corrected chi connectivity index (χ4v) is 1.92. The fraction of sp³-hybridized carbons (Fsp3) is 0.600. The second kappa shape index (κ2) is 6.06. The minimum absolute atomic E-state index is 0.236. The first-order chi connectivity index (χ1) is 7.95. The predicted molar refractivity (Wildman–Crippen MR) is 73.6 cm³/mol. The molecule has 2 nitrogen and oxygen atoms in total. The zero-order chi connectivity index (χ0) is 13.0. The molecule has 0 aromatic heterocycles. The minimum atomic E-state index is 0.236. The molecule has 1 aromatic rings. The van der Waals surface area contributed by atoms with Crippen molar-refractivity contribution in [3.8, 4) is 5.75 Å². The number of nitrogens with two attached hydrogens (primary N) is 1. The average Bonchev–Trinajstić information content (AvgIpc) is 2.28. The van der Waals surface area contributed by atoms with Gasteiger partial charge in [-0.2, -0.15) is 0 Å². The van der Waals surface area contributed by atoms with Gasteiger partial charge >= 0.3 is 0 Å². The van der Waals surface area contributed by atoms with Crippen molar-refractivity contribution >= 4 is 0 Å². The quantitative estimate of drug-likeness (QED) is 0.849. The maximum Gasteiger partial charge on any atom is 0.122 e. The van der Waals surface area contributed by atoms with E-state index in [1.807, 2.05) is 0 Å². The van der Waals surface area contributed by atoms with Gasteiger partial charge in [-0.1, -0.05) is 32.9 Å². The van der Waals surface area contributed by atoms with E-state index in [1.54, 1.807) is 7.11 Å². The Morgan fingerprint density at radius 3 is 2.29 bits per heavy atom. The van der Waals surface area contributed by atoms with Crippen molar-refractivity contribution in [1.82, 2.24) is 0 Å². The summed E-state index contributed by atoms with van der Waals surface area (Å²) >= 11 is 0. The molecule has 0 heterocycles. The first kappa shape index (κ1) is 14.0. The first-order valence-corrected chi connectivity index (χ1v) is 6.38. The van der Waals surface area contributed by atoms with E-state index in [1.165, 1.54) is 11.1 Å². The van der Waals surface area contributed by atoms with Crippen LogP contribution in [0.1, 0.15) is 44.7 Å². The molecule has 2 unspecified atom stereocenters. The van der Waals surface area contributed by atoms with E-state index in [0.29, 0.717) is 11.8 Å². The third kappa shape index (κ3) is 3.74. The maximum absolute atomic E-state index is 5.91. The maximum atomic E-state index is 5.91. The summed E-state index contributed by atoms with van der Waals surface area (Å²) in [6.45, 7) is 8.65. The number of rotatable bonds is 5. The first-order valence-electron chi connectivity index (χ1n) is 6.38. The molecule has 0 saturated heterocycles. The largest absolute Gasteiger partial charge is 0.496 e. The molecule has 1 aromatic carbocycles. The van der Waals surface area contributed by atoms with Crippen molar-refractivity contribution in [2.75, 3.05) is 7.11 Å². The lowest BCUT2D eigenvalue weighted by atomic mass is 9.92. The topological polar surface area (TPSA) is 35.2 Å². The Morgan fingerprint density at radius 2 is 1.82 bits per heavy atom. The molecule has 0 radical (unpaired) electrons. The molecule has 0 spiro atoms. The highest BCUT2D eigenvalue weighted by atomic mass is 16.5. The Morgan fingerprint density at radius 1 is 1.18 bits per heavy atom. The summed E-state index contributed by atoms with van der Waals surface area (Å²) in [7, 11) is 1.73. The lowest BCUT2D eigenvalue weighted by Gasteiger charge is -2.18. The van der Waals surface area contributed by atoms with Crippen LogP contribution in [0.3, 0.4) is 0 Å². The summed E-state index contributed by atoms with van der Waals surface area (Å²) in [5, 5.41) is 0. The normalized spacial score (nSPS) is 14.8. The van der Waals surface area contributed by atoms with Crippen LogP contribution in [0.5, 0.6) is 5.75 Å². The van der Waals surface area contributed by atoms with Crippen LogP contribution in [0.25, 0.3) is 0 Å². The van der Waals surface area contributed by atoms with E-state index >= 15 is 0 Å². The number of hydrogen-bond acceptors (Lipinski definition) is 2. The fourth-order valence-electron chi connectivity index (χ4n) is 1.92. The number of benzene rings is 1. The lowest BCUT2D eigenvalue weighted by Crippen LogP contribution is -2.25. The summed E-state index contributed by atoms with van der Waals surface area (Å²) in [5.41, 5.74) is 8.54. The zero-order valence-electron chi connectivity index (χ0n) is 11.7. The second-order valence-corrected chi connectivity index (χ2v) is 5.27. The molecule has 0 aliphatic heterocycles. The van der Waals surface area contributed by atoms with Gasteiger partial charge in [0, 0.05) is 6.04 Å². The molecule has 2 atom stereocenters. The molecule has 17 heavy (non-hydrogen) atoms. The molecule has 2 N–H and O–H groups in total. The highest BCUT2D eigenvalue weighted by Crippen LogP contribution is 2.28. The monoisotopic (exact) mass is 235 g/mol. The van der Waals surface area contributed by atoms with E-state index in [0.717, 1.165) is 12.2 Å². The SMILES string of the molecule is COc1ccc(CC(C)C(C)N)cc1C(C)C. The van der Waals surface area contributed by atoms with Crippen LogP contribution in [0.4, 0.5) is 0 Å². The van der Waals surface area contributed by atoms with E-state index in [-0.39, 0.29) is 6.04 Å². The smallest absolute Gasteiger partial charge is 0.122 e. The van der Waals surface area contributed by atoms with Crippen LogP contribution in [0.15, 0.2) is 18.2 Å². The van der Waals surface area contributed by atoms with Crippen molar-refractivity contribution in [2.24, 2.45) is 11.7 Å². The van der Waals surface area contributed by atoms with Crippen LogP contribution in [-0.4, -0.2) is 13.2 Å². The highest BCUT2D eigenvalue weighted by Gasteiger charge is 2.12. The van der Waals surface area contributed by atoms with Gasteiger partial charge in [-0.05, 0) is 42.4 Å². The standard InChI is InChI=1S/C15H25NO/c1-10(2)14-9-13(6-7-15(14)17-5)8-11(3)12(4)16/h6-7,9-12H,8,16H2,1-5H3. The van der Waals surface area contributed by atoms with Crippen LogP contribution in [-0.2, 0) is 6.42 Å². The minimum Gasteiger partial charge on any atom is -0.496 e. The van der Waals surface area contributed by atoms with E-state index in [2.05, 4.69) is 45.9 Å². The summed E-state index contributed by atoms with van der Waals surface area (Å²) in [5.74, 6) is 1.97. The Balaban J connectivity index is 2.92. The van der Waals surface area contributed by atoms with Crippen molar-refractivity contribution in [1.29, 1.82) is 0 Å². The van der Waals surface area contributed by atoms with Gasteiger partial charge in [-0.25, -0.2) is 0 Å². The van der Waals surface area contributed by atoms with Crippen molar-refractivity contribution in [2.45, 2.75) is 46.1 Å². The van der Waals surface area contributed by atoms with Crippen LogP contribution >= 0.6 is 0 Å². The Labute approximate surface area is 105 Å². The Kier molecular flexibility index (Phi) is 5.01. The second-order valence-electron chi connectivity index (χ2n) is 5.27. The molecular formula is C15H25NO. The van der Waals surface area contributed by atoms with Gasteiger partial charge < -0.3 is 10.5 Å². The summed E-state index contributed by atoms with van der Waals surface area (Å²) in [4.78, 5) is 0. The Hall–Kier alpha value is -1.02. The van der Waals surface area contributed by atoms with Crippen molar-refractivity contribution in [3.05, 3.63) is 29.3 Å². The van der Waals surface area contributed by atoms with Crippen LogP contribution in [0.2, 0.25) is 0 Å². The van der Waals surface area contributed by atoms with Crippen molar-refractivity contribution in [3.63, 3.8) is 0 Å².